The van der Waals surface area contributed by atoms with E-state index in [-0.39, 0.29) is 11.6 Å². The van der Waals surface area contributed by atoms with Gasteiger partial charge in [-0.15, -0.1) is 0 Å². The first-order chi connectivity index (χ1) is 5.65. The average Bonchev–Trinajstić information content (AvgIpc) is 2.49. The summed E-state index contributed by atoms with van der Waals surface area (Å²) in [4.78, 5) is 28.2. The molecule has 1 rings (SSSR count). The molecule has 0 spiro atoms. The van der Waals surface area contributed by atoms with Crippen LogP contribution in [0.1, 0.15) is 17.4 Å². The number of amides is 1. The van der Waals surface area contributed by atoms with E-state index in [0.717, 1.165) is 0 Å². The molecule has 0 saturated heterocycles. The van der Waals surface area contributed by atoms with Gasteiger partial charge in [0, 0.05) is 19.8 Å². The van der Waals surface area contributed by atoms with Gasteiger partial charge in [-0.3, -0.25) is 4.79 Å². The fourth-order valence-electron chi connectivity index (χ4n) is 0.797. The van der Waals surface area contributed by atoms with Crippen molar-refractivity contribution in [1.29, 1.82) is 0 Å². The molecule has 0 aliphatic carbocycles. The van der Waals surface area contributed by atoms with E-state index in [1.54, 1.807) is 7.05 Å². The van der Waals surface area contributed by atoms with Crippen molar-refractivity contribution in [2.24, 2.45) is 0 Å². The van der Waals surface area contributed by atoms with Crippen LogP contribution < -0.4 is 5.69 Å². The lowest BCUT2D eigenvalue weighted by molar-refractivity contribution is 0.0797. The van der Waals surface area contributed by atoms with Gasteiger partial charge < -0.3 is 14.9 Å². The van der Waals surface area contributed by atoms with Gasteiger partial charge in [0.1, 0.15) is 5.69 Å². The maximum absolute atomic E-state index is 11.3. The number of carbonyl (C=O) groups excluding carboxylic acids is 1. The zero-order valence-electron chi connectivity index (χ0n) is 7.05. The highest BCUT2D eigenvalue weighted by molar-refractivity contribution is 5.91. The van der Waals surface area contributed by atoms with E-state index in [9.17, 15) is 9.59 Å². The fraction of sp³-hybridized carbons (Fsp3) is 0.429. The zero-order chi connectivity index (χ0) is 9.14. The summed E-state index contributed by atoms with van der Waals surface area (Å²) in [5, 5.41) is 0. The minimum absolute atomic E-state index is 0.184. The predicted molar refractivity (Wildman–Crippen MR) is 44.0 cm³/mol. The molecule has 0 aromatic carbocycles. The number of H-pyrrole nitrogens is 2. The van der Waals surface area contributed by atoms with Gasteiger partial charge >= 0.3 is 5.69 Å². The lowest BCUT2D eigenvalue weighted by atomic mass is 10.4. The molecule has 0 bridgehead atoms. The lowest BCUT2D eigenvalue weighted by Gasteiger charge is -2.11. The number of aromatic amines is 2. The molecule has 0 atom stereocenters. The summed E-state index contributed by atoms with van der Waals surface area (Å²) in [5.41, 5.74) is -0.0628. The number of hydrogen-bond donors (Lipinski definition) is 2. The van der Waals surface area contributed by atoms with Crippen LogP contribution in [0.5, 0.6) is 0 Å². The Kier molecular flexibility index (Phi) is 2.32. The summed E-state index contributed by atoms with van der Waals surface area (Å²) in [6, 6.07) is 0. The number of carbonyl (C=O) groups is 1. The fourth-order valence-corrected chi connectivity index (χ4v) is 0.797. The van der Waals surface area contributed by atoms with E-state index in [0.29, 0.717) is 12.2 Å². The summed E-state index contributed by atoms with van der Waals surface area (Å²) in [6.07, 6.45) is 1.37. The van der Waals surface area contributed by atoms with Crippen LogP contribution >= 0.6 is 0 Å². The second-order valence-electron chi connectivity index (χ2n) is 2.48. The number of nitrogens with zero attached hydrogens (tertiary/aromatic N) is 1. The number of imidazole rings is 1. The number of rotatable bonds is 2. The van der Waals surface area contributed by atoms with Crippen molar-refractivity contribution >= 4 is 5.91 Å². The van der Waals surface area contributed by atoms with Crippen LogP contribution in [0.4, 0.5) is 0 Å². The van der Waals surface area contributed by atoms with Gasteiger partial charge in [-0.1, -0.05) is 0 Å². The lowest BCUT2D eigenvalue weighted by Crippen LogP contribution is -2.26. The maximum Gasteiger partial charge on any atom is 0.323 e. The minimum atomic E-state index is -0.358. The topological polar surface area (TPSA) is 69.0 Å². The minimum Gasteiger partial charge on any atom is -0.341 e. The molecule has 0 saturated carbocycles. The highest BCUT2D eigenvalue weighted by Gasteiger charge is 2.10. The molecule has 5 nitrogen and oxygen atoms in total. The van der Waals surface area contributed by atoms with E-state index in [4.69, 9.17) is 0 Å². The Morgan fingerprint density at radius 3 is 2.75 bits per heavy atom. The number of hydrogen-bond acceptors (Lipinski definition) is 2. The molecule has 12 heavy (non-hydrogen) atoms. The summed E-state index contributed by atoms with van der Waals surface area (Å²) in [5.74, 6) is -0.184. The number of aromatic nitrogens is 2. The van der Waals surface area contributed by atoms with Crippen LogP contribution in [-0.2, 0) is 0 Å². The molecule has 0 fully saturated rings. The van der Waals surface area contributed by atoms with Crippen molar-refractivity contribution in [3.63, 3.8) is 0 Å². The van der Waals surface area contributed by atoms with E-state index in [2.05, 4.69) is 9.97 Å². The first-order valence-electron chi connectivity index (χ1n) is 3.68. The Bertz CT molecular complexity index is 325. The van der Waals surface area contributed by atoms with Crippen LogP contribution in [0.25, 0.3) is 0 Å². The van der Waals surface area contributed by atoms with Crippen molar-refractivity contribution in [1.82, 2.24) is 14.9 Å². The predicted octanol–water partition coefficient (Wildman–Crippen LogP) is -0.205. The molecular weight excluding hydrogens is 158 g/mol. The molecule has 1 aromatic rings. The van der Waals surface area contributed by atoms with Gasteiger partial charge in [0.05, 0.1) is 0 Å². The van der Waals surface area contributed by atoms with Crippen molar-refractivity contribution in [2.75, 3.05) is 13.6 Å². The van der Waals surface area contributed by atoms with Crippen LogP contribution in [0.2, 0.25) is 0 Å². The summed E-state index contributed by atoms with van der Waals surface area (Å²) >= 11 is 0. The quantitative estimate of drug-likeness (QED) is 0.643. The second-order valence-corrected chi connectivity index (χ2v) is 2.48. The van der Waals surface area contributed by atoms with E-state index in [1.807, 2.05) is 6.92 Å². The second kappa shape index (κ2) is 3.25. The van der Waals surface area contributed by atoms with Gasteiger partial charge in [0.15, 0.2) is 0 Å². The molecule has 1 heterocycles. The van der Waals surface area contributed by atoms with Crippen LogP contribution in [0.15, 0.2) is 11.0 Å². The molecule has 0 aliphatic heterocycles. The summed E-state index contributed by atoms with van der Waals surface area (Å²) in [7, 11) is 1.67. The monoisotopic (exact) mass is 169 g/mol. The molecule has 66 valence electrons. The normalized spacial score (nSPS) is 9.83. The van der Waals surface area contributed by atoms with Crippen molar-refractivity contribution in [3.05, 3.63) is 22.4 Å². The molecule has 0 radical (unpaired) electrons. The average molecular weight is 169 g/mol. The molecule has 5 heteroatoms. The molecular formula is C7H11N3O2. The Balaban J connectivity index is 2.85. The Morgan fingerprint density at radius 2 is 2.33 bits per heavy atom. The maximum atomic E-state index is 11.3. The first-order valence-corrected chi connectivity index (χ1v) is 3.68. The van der Waals surface area contributed by atoms with E-state index >= 15 is 0 Å². The number of nitrogens with one attached hydrogen (secondary N) is 2. The van der Waals surface area contributed by atoms with Crippen LogP contribution in [0, 0.1) is 0 Å². The van der Waals surface area contributed by atoms with Crippen molar-refractivity contribution < 1.29 is 4.79 Å². The van der Waals surface area contributed by atoms with Crippen molar-refractivity contribution in [2.45, 2.75) is 6.92 Å². The van der Waals surface area contributed by atoms with E-state index < -0.39 is 0 Å². The highest BCUT2D eigenvalue weighted by atomic mass is 16.2. The molecule has 0 aliphatic rings. The Hall–Kier alpha value is -1.52. The summed E-state index contributed by atoms with van der Waals surface area (Å²) in [6.45, 7) is 2.48. The summed E-state index contributed by atoms with van der Waals surface area (Å²) < 4.78 is 0. The Morgan fingerprint density at radius 1 is 1.67 bits per heavy atom. The molecule has 1 aromatic heterocycles. The molecule has 1 amide bonds. The largest absolute Gasteiger partial charge is 0.341 e. The zero-order valence-corrected chi connectivity index (χ0v) is 7.05. The van der Waals surface area contributed by atoms with Crippen LogP contribution in [0.3, 0.4) is 0 Å². The van der Waals surface area contributed by atoms with Gasteiger partial charge in [-0.2, -0.15) is 0 Å². The van der Waals surface area contributed by atoms with Gasteiger partial charge in [0.2, 0.25) is 0 Å². The third-order valence-corrected chi connectivity index (χ3v) is 1.65. The van der Waals surface area contributed by atoms with E-state index in [1.165, 1.54) is 11.1 Å². The van der Waals surface area contributed by atoms with Gasteiger partial charge in [0.25, 0.3) is 5.91 Å². The third-order valence-electron chi connectivity index (χ3n) is 1.65. The van der Waals surface area contributed by atoms with Crippen molar-refractivity contribution in [3.8, 4) is 0 Å². The first kappa shape index (κ1) is 8.58. The van der Waals surface area contributed by atoms with Gasteiger partial charge in [-0.25, -0.2) is 4.79 Å². The highest BCUT2D eigenvalue weighted by Crippen LogP contribution is 1.94. The Labute approximate surface area is 69.4 Å². The molecule has 0 unspecified atom stereocenters. The SMILES string of the molecule is CCN(C)C(=O)c1c[nH]c(=O)[nH]1. The van der Waals surface area contributed by atoms with Gasteiger partial charge in [-0.05, 0) is 6.92 Å². The third kappa shape index (κ3) is 1.55. The standard InChI is InChI=1S/C7H11N3O2/c1-3-10(2)6(11)5-4-8-7(12)9-5/h4H,3H2,1-2H3,(H2,8,9,12). The molecule has 2 N–H and O–H groups in total. The smallest absolute Gasteiger partial charge is 0.323 e. The van der Waals surface area contributed by atoms with Crippen LogP contribution in [-0.4, -0.2) is 34.4 Å².